The van der Waals surface area contributed by atoms with Gasteiger partial charge in [-0.25, -0.2) is 9.78 Å². The minimum Gasteiger partial charge on any atom is -0.465 e. The molecule has 2 N–H and O–H groups in total. The molecule has 9 heteroatoms. The molecule has 0 saturated carbocycles. The number of fused-ring (bicyclic) bond motifs is 1. The number of piperidine rings is 1. The highest BCUT2D eigenvalue weighted by atomic mass is 16.4. The maximum absolute atomic E-state index is 12.8. The predicted molar refractivity (Wildman–Crippen MR) is 105 cm³/mol. The number of imidazole rings is 1. The molecule has 146 valence electrons. The lowest BCUT2D eigenvalue weighted by Gasteiger charge is -2.33. The zero-order chi connectivity index (χ0) is 19.7. The Bertz CT molecular complexity index is 1060. The van der Waals surface area contributed by atoms with Crippen LogP contribution >= 0.6 is 0 Å². The monoisotopic (exact) mass is 382 g/mol. The van der Waals surface area contributed by atoms with E-state index in [1.807, 2.05) is 39.8 Å². The maximum atomic E-state index is 12.8. The van der Waals surface area contributed by atoms with Crippen molar-refractivity contribution in [2.24, 2.45) is 7.05 Å². The van der Waals surface area contributed by atoms with E-state index in [0.717, 1.165) is 24.9 Å². The number of hydrogen-bond acceptors (Lipinski definition) is 5. The van der Waals surface area contributed by atoms with Crippen molar-refractivity contribution in [1.29, 1.82) is 0 Å². The number of hydrogen-bond donors (Lipinski definition) is 2. The summed E-state index contributed by atoms with van der Waals surface area (Å²) in [5, 5.41) is 11.6. The number of aryl methyl sites for hydroxylation is 1. The van der Waals surface area contributed by atoms with Crippen LogP contribution in [0.3, 0.4) is 0 Å². The number of benzene rings is 1. The third kappa shape index (κ3) is 3.42. The van der Waals surface area contributed by atoms with Gasteiger partial charge in [0.2, 0.25) is 5.95 Å². The van der Waals surface area contributed by atoms with Crippen molar-refractivity contribution in [2.45, 2.75) is 25.4 Å². The standard InChI is InChI=1S/C19H22N6O3/c1-23-12-20-16-15(17(23)26)25(10-13-6-3-2-4-7-13)18(22-16)24-9-5-8-14(11-24)21-19(27)28/h2-4,6-7,12,14,21H,5,8-11H2,1H3,(H,27,28). The van der Waals surface area contributed by atoms with Gasteiger partial charge in [-0.2, -0.15) is 4.98 Å². The fourth-order valence-corrected chi connectivity index (χ4v) is 3.70. The van der Waals surface area contributed by atoms with Gasteiger partial charge in [-0.3, -0.25) is 9.36 Å². The minimum atomic E-state index is -1.03. The summed E-state index contributed by atoms with van der Waals surface area (Å²) in [6, 6.07) is 9.69. The number of rotatable bonds is 4. The van der Waals surface area contributed by atoms with Crippen molar-refractivity contribution in [3.05, 3.63) is 52.6 Å². The van der Waals surface area contributed by atoms with Gasteiger partial charge in [0.15, 0.2) is 11.2 Å². The van der Waals surface area contributed by atoms with Crippen LogP contribution in [0.25, 0.3) is 11.2 Å². The Morgan fingerprint density at radius 1 is 1.32 bits per heavy atom. The highest BCUT2D eigenvalue weighted by Crippen LogP contribution is 2.24. The van der Waals surface area contributed by atoms with Gasteiger partial charge in [-0.05, 0) is 18.4 Å². The molecule has 1 aliphatic heterocycles. The quantitative estimate of drug-likeness (QED) is 0.707. The normalized spacial score (nSPS) is 17.0. The van der Waals surface area contributed by atoms with Gasteiger partial charge in [-0.1, -0.05) is 30.3 Å². The topological polar surface area (TPSA) is 105 Å². The Balaban J connectivity index is 1.79. The van der Waals surface area contributed by atoms with Gasteiger partial charge >= 0.3 is 6.09 Å². The molecule has 1 saturated heterocycles. The number of amides is 1. The molecule has 2 aromatic heterocycles. The molecule has 3 heterocycles. The van der Waals surface area contributed by atoms with E-state index in [2.05, 4.69) is 15.3 Å². The molecular weight excluding hydrogens is 360 g/mol. The molecule has 9 nitrogen and oxygen atoms in total. The van der Waals surface area contributed by atoms with E-state index in [9.17, 15) is 9.59 Å². The van der Waals surface area contributed by atoms with Gasteiger partial charge in [0.05, 0.1) is 12.9 Å². The van der Waals surface area contributed by atoms with Gasteiger partial charge in [0, 0.05) is 26.2 Å². The second-order valence-electron chi connectivity index (χ2n) is 7.05. The number of carboxylic acid groups (broad SMARTS) is 1. The Kier molecular flexibility index (Phi) is 4.72. The third-order valence-electron chi connectivity index (χ3n) is 5.02. The van der Waals surface area contributed by atoms with Crippen LogP contribution < -0.4 is 15.8 Å². The Labute approximate surface area is 161 Å². The van der Waals surface area contributed by atoms with Gasteiger partial charge in [-0.15, -0.1) is 0 Å². The lowest BCUT2D eigenvalue weighted by molar-refractivity contribution is 0.188. The van der Waals surface area contributed by atoms with E-state index in [-0.39, 0.29) is 11.6 Å². The second kappa shape index (κ2) is 7.34. The first-order chi connectivity index (χ1) is 13.5. The third-order valence-corrected chi connectivity index (χ3v) is 5.02. The first kappa shape index (κ1) is 18.0. The first-order valence-corrected chi connectivity index (χ1v) is 9.23. The van der Waals surface area contributed by atoms with Crippen LogP contribution in [-0.2, 0) is 13.6 Å². The summed E-state index contributed by atoms with van der Waals surface area (Å²) < 4.78 is 3.34. The zero-order valence-corrected chi connectivity index (χ0v) is 15.6. The van der Waals surface area contributed by atoms with Crippen LogP contribution in [0.1, 0.15) is 18.4 Å². The number of nitrogens with zero attached hydrogens (tertiary/aromatic N) is 5. The van der Waals surface area contributed by atoms with Gasteiger partial charge in [0.25, 0.3) is 5.56 Å². The van der Waals surface area contributed by atoms with Crippen LogP contribution in [0, 0.1) is 0 Å². The van der Waals surface area contributed by atoms with E-state index in [4.69, 9.17) is 5.11 Å². The van der Waals surface area contributed by atoms with Gasteiger partial charge < -0.3 is 19.9 Å². The van der Waals surface area contributed by atoms with Crippen molar-refractivity contribution >= 4 is 23.2 Å². The van der Waals surface area contributed by atoms with Crippen molar-refractivity contribution in [1.82, 2.24) is 24.4 Å². The van der Waals surface area contributed by atoms with E-state index >= 15 is 0 Å². The van der Waals surface area contributed by atoms with Crippen LogP contribution in [-0.4, -0.2) is 49.4 Å². The minimum absolute atomic E-state index is 0.156. The van der Waals surface area contributed by atoms with Crippen molar-refractivity contribution in [2.75, 3.05) is 18.0 Å². The molecule has 1 aliphatic rings. The second-order valence-corrected chi connectivity index (χ2v) is 7.05. The fraction of sp³-hybridized carbons (Fsp3) is 0.368. The maximum Gasteiger partial charge on any atom is 0.404 e. The molecule has 1 aromatic carbocycles. The van der Waals surface area contributed by atoms with Crippen LogP contribution in [0.5, 0.6) is 0 Å². The molecule has 1 amide bonds. The zero-order valence-electron chi connectivity index (χ0n) is 15.6. The summed E-state index contributed by atoms with van der Waals surface area (Å²) in [4.78, 5) is 34.8. The molecule has 28 heavy (non-hydrogen) atoms. The van der Waals surface area contributed by atoms with E-state index in [1.165, 1.54) is 10.9 Å². The van der Waals surface area contributed by atoms with Crippen LogP contribution in [0.15, 0.2) is 41.5 Å². The molecule has 4 rings (SSSR count). The highest BCUT2D eigenvalue weighted by Gasteiger charge is 2.26. The predicted octanol–water partition coefficient (Wildman–Crippen LogP) is 1.41. The number of aromatic nitrogens is 4. The summed E-state index contributed by atoms with van der Waals surface area (Å²) in [6.07, 6.45) is 2.06. The summed E-state index contributed by atoms with van der Waals surface area (Å²) in [6.45, 7) is 1.74. The van der Waals surface area contributed by atoms with Crippen molar-refractivity contribution in [3.8, 4) is 0 Å². The van der Waals surface area contributed by atoms with Crippen LogP contribution in [0.2, 0.25) is 0 Å². The number of anilines is 1. The highest BCUT2D eigenvalue weighted by molar-refractivity contribution is 5.74. The SMILES string of the molecule is Cn1cnc2nc(N3CCCC(NC(=O)O)C3)n(Cc3ccccc3)c2c1=O. The summed E-state index contributed by atoms with van der Waals surface area (Å²) >= 11 is 0. The molecule has 0 radical (unpaired) electrons. The Hall–Kier alpha value is -3.36. The molecule has 0 spiro atoms. The summed E-state index contributed by atoms with van der Waals surface area (Å²) in [7, 11) is 1.67. The first-order valence-electron chi connectivity index (χ1n) is 9.23. The molecule has 3 aromatic rings. The lowest BCUT2D eigenvalue weighted by atomic mass is 10.1. The largest absolute Gasteiger partial charge is 0.465 e. The molecule has 1 unspecified atom stereocenters. The Morgan fingerprint density at radius 3 is 2.86 bits per heavy atom. The van der Waals surface area contributed by atoms with E-state index in [1.54, 1.807) is 7.05 Å². The number of carbonyl (C=O) groups is 1. The molecule has 1 atom stereocenters. The van der Waals surface area contributed by atoms with Crippen molar-refractivity contribution < 1.29 is 9.90 Å². The molecule has 1 fully saturated rings. The smallest absolute Gasteiger partial charge is 0.404 e. The average Bonchev–Trinajstić information content (AvgIpc) is 3.04. The Morgan fingerprint density at radius 2 is 2.11 bits per heavy atom. The van der Waals surface area contributed by atoms with Crippen LogP contribution in [0.4, 0.5) is 10.7 Å². The van der Waals surface area contributed by atoms with Crippen molar-refractivity contribution in [3.63, 3.8) is 0 Å². The average molecular weight is 382 g/mol. The molecular formula is C19H22N6O3. The summed E-state index contributed by atoms with van der Waals surface area (Å²) in [5.41, 5.74) is 1.75. The van der Waals surface area contributed by atoms with E-state index < -0.39 is 6.09 Å². The molecule has 0 aliphatic carbocycles. The fourth-order valence-electron chi connectivity index (χ4n) is 3.70. The summed E-state index contributed by atoms with van der Waals surface area (Å²) in [5.74, 6) is 0.645. The van der Waals surface area contributed by atoms with Gasteiger partial charge in [0.1, 0.15) is 0 Å². The molecule has 0 bridgehead atoms. The number of nitrogens with one attached hydrogen (secondary N) is 1. The lowest BCUT2D eigenvalue weighted by Crippen LogP contribution is -2.48. The van der Waals surface area contributed by atoms with E-state index in [0.29, 0.717) is 30.2 Å².